The van der Waals surface area contributed by atoms with E-state index in [1.165, 1.54) is 12.1 Å². The van der Waals surface area contributed by atoms with E-state index in [0.29, 0.717) is 0 Å². The van der Waals surface area contributed by atoms with E-state index >= 15 is 0 Å². The molecule has 0 fully saturated rings. The Balaban J connectivity index is 3.04. The van der Waals surface area contributed by atoms with E-state index in [-0.39, 0.29) is 17.4 Å². The van der Waals surface area contributed by atoms with Crippen molar-refractivity contribution in [3.05, 3.63) is 29.3 Å². The second-order valence-electron chi connectivity index (χ2n) is 3.18. The molecule has 0 aliphatic carbocycles. The minimum Gasteiger partial charge on any atom is -0.488 e. The molecule has 1 aromatic rings. The average Bonchev–Trinajstić information content (AvgIpc) is 2.13. The first-order chi connectivity index (χ1) is 6.56. The molecular formula is C10H12F2O2. The van der Waals surface area contributed by atoms with Gasteiger partial charge in [-0.25, -0.2) is 4.39 Å². The number of aliphatic hydroxyl groups is 1. The summed E-state index contributed by atoms with van der Waals surface area (Å²) in [6, 6.07) is 2.61. The zero-order valence-corrected chi connectivity index (χ0v) is 8.05. The average molecular weight is 202 g/mol. The highest BCUT2D eigenvalue weighted by Gasteiger charge is 2.14. The molecule has 0 spiro atoms. The molecule has 0 saturated carbocycles. The van der Waals surface area contributed by atoms with Gasteiger partial charge in [0, 0.05) is 5.56 Å². The maximum atomic E-state index is 13.2. The van der Waals surface area contributed by atoms with Crippen LogP contribution in [-0.2, 0) is 6.61 Å². The van der Waals surface area contributed by atoms with Crippen molar-refractivity contribution in [3.8, 4) is 5.75 Å². The van der Waals surface area contributed by atoms with Crippen LogP contribution in [0.1, 0.15) is 19.4 Å². The van der Waals surface area contributed by atoms with Crippen molar-refractivity contribution in [1.82, 2.24) is 0 Å². The Hall–Kier alpha value is -1.16. The van der Waals surface area contributed by atoms with Crippen LogP contribution in [0, 0.1) is 11.6 Å². The van der Waals surface area contributed by atoms with Gasteiger partial charge in [0.2, 0.25) is 5.82 Å². The number of halogens is 2. The van der Waals surface area contributed by atoms with Crippen molar-refractivity contribution in [2.45, 2.75) is 26.6 Å². The molecule has 0 bridgehead atoms. The summed E-state index contributed by atoms with van der Waals surface area (Å²) >= 11 is 0. The lowest BCUT2D eigenvalue weighted by atomic mass is 10.2. The monoisotopic (exact) mass is 202 g/mol. The summed E-state index contributed by atoms with van der Waals surface area (Å²) in [5.74, 6) is -2.23. The number of aliphatic hydroxyl groups excluding tert-OH is 1. The predicted molar refractivity (Wildman–Crippen MR) is 48.0 cm³/mol. The minimum atomic E-state index is -1.05. The number of ether oxygens (including phenoxy) is 1. The first kappa shape index (κ1) is 10.9. The van der Waals surface area contributed by atoms with Gasteiger partial charge in [0.05, 0.1) is 12.7 Å². The van der Waals surface area contributed by atoms with Gasteiger partial charge in [-0.2, -0.15) is 4.39 Å². The Kier molecular flexibility index (Phi) is 3.41. The molecule has 0 radical (unpaired) electrons. The second-order valence-corrected chi connectivity index (χ2v) is 3.18. The fraction of sp³-hybridized carbons (Fsp3) is 0.400. The summed E-state index contributed by atoms with van der Waals surface area (Å²) in [4.78, 5) is 0. The van der Waals surface area contributed by atoms with E-state index in [1.54, 1.807) is 13.8 Å². The lowest BCUT2D eigenvalue weighted by molar-refractivity contribution is 0.225. The van der Waals surface area contributed by atoms with Gasteiger partial charge in [0.15, 0.2) is 11.6 Å². The van der Waals surface area contributed by atoms with Gasteiger partial charge in [-0.3, -0.25) is 0 Å². The smallest absolute Gasteiger partial charge is 0.200 e. The van der Waals surface area contributed by atoms with Crippen LogP contribution in [0.2, 0.25) is 0 Å². The molecule has 78 valence electrons. The van der Waals surface area contributed by atoms with Gasteiger partial charge in [0.1, 0.15) is 0 Å². The molecule has 0 aromatic heterocycles. The van der Waals surface area contributed by atoms with E-state index in [2.05, 4.69) is 0 Å². The molecule has 1 aromatic carbocycles. The van der Waals surface area contributed by atoms with Gasteiger partial charge in [0.25, 0.3) is 0 Å². The molecule has 0 aliphatic rings. The van der Waals surface area contributed by atoms with Crippen molar-refractivity contribution < 1.29 is 18.6 Å². The van der Waals surface area contributed by atoms with Crippen molar-refractivity contribution >= 4 is 0 Å². The van der Waals surface area contributed by atoms with E-state index < -0.39 is 18.2 Å². The molecule has 14 heavy (non-hydrogen) atoms. The Morgan fingerprint density at radius 2 is 1.93 bits per heavy atom. The third-order valence-corrected chi connectivity index (χ3v) is 1.66. The van der Waals surface area contributed by atoms with Crippen LogP contribution in [-0.4, -0.2) is 11.2 Å². The predicted octanol–water partition coefficient (Wildman–Crippen LogP) is 2.24. The van der Waals surface area contributed by atoms with Crippen molar-refractivity contribution in [2.75, 3.05) is 0 Å². The summed E-state index contributed by atoms with van der Waals surface area (Å²) in [5, 5.41) is 8.67. The molecule has 4 heteroatoms. The van der Waals surface area contributed by atoms with Crippen molar-refractivity contribution in [2.24, 2.45) is 0 Å². The summed E-state index contributed by atoms with van der Waals surface area (Å²) in [5.41, 5.74) is -0.0707. The first-order valence-electron chi connectivity index (χ1n) is 4.30. The fourth-order valence-corrected chi connectivity index (χ4v) is 1.04. The minimum absolute atomic E-state index is 0.0707. The van der Waals surface area contributed by atoms with Crippen LogP contribution in [0.15, 0.2) is 12.1 Å². The van der Waals surface area contributed by atoms with Gasteiger partial charge >= 0.3 is 0 Å². The third kappa shape index (κ3) is 2.20. The maximum absolute atomic E-state index is 13.2. The first-order valence-corrected chi connectivity index (χ1v) is 4.30. The highest BCUT2D eigenvalue weighted by Crippen LogP contribution is 2.23. The summed E-state index contributed by atoms with van der Waals surface area (Å²) in [7, 11) is 0. The van der Waals surface area contributed by atoms with Gasteiger partial charge in [-0.1, -0.05) is 0 Å². The Morgan fingerprint density at radius 1 is 1.29 bits per heavy atom. The molecule has 0 unspecified atom stereocenters. The third-order valence-electron chi connectivity index (χ3n) is 1.66. The highest BCUT2D eigenvalue weighted by atomic mass is 19.2. The van der Waals surface area contributed by atoms with Gasteiger partial charge in [-0.15, -0.1) is 0 Å². The quantitative estimate of drug-likeness (QED) is 0.814. The lowest BCUT2D eigenvalue weighted by Crippen LogP contribution is -2.08. The Morgan fingerprint density at radius 3 is 2.43 bits per heavy atom. The standard InChI is InChI=1S/C10H12F2O2/c1-6(2)14-8-4-3-7(5-13)9(11)10(8)12/h3-4,6,13H,5H2,1-2H3. The topological polar surface area (TPSA) is 29.5 Å². The fourth-order valence-electron chi connectivity index (χ4n) is 1.04. The lowest BCUT2D eigenvalue weighted by Gasteiger charge is -2.11. The number of hydrogen-bond donors (Lipinski definition) is 1. The molecule has 1 N–H and O–H groups in total. The van der Waals surface area contributed by atoms with E-state index in [4.69, 9.17) is 9.84 Å². The van der Waals surface area contributed by atoms with Crippen molar-refractivity contribution in [3.63, 3.8) is 0 Å². The van der Waals surface area contributed by atoms with Crippen molar-refractivity contribution in [1.29, 1.82) is 0 Å². The molecular weight excluding hydrogens is 190 g/mol. The van der Waals surface area contributed by atoms with E-state index in [0.717, 1.165) is 0 Å². The summed E-state index contributed by atoms with van der Waals surface area (Å²) in [6.45, 7) is 2.92. The number of benzene rings is 1. The molecule has 0 aliphatic heterocycles. The van der Waals surface area contributed by atoms with Crippen LogP contribution in [0.4, 0.5) is 8.78 Å². The van der Waals surface area contributed by atoms with E-state index in [9.17, 15) is 8.78 Å². The number of rotatable bonds is 3. The molecule has 0 amide bonds. The normalized spacial score (nSPS) is 10.7. The maximum Gasteiger partial charge on any atom is 0.200 e. The SMILES string of the molecule is CC(C)Oc1ccc(CO)c(F)c1F. The molecule has 0 atom stereocenters. The van der Waals surface area contributed by atoms with Crippen LogP contribution in [0.5, 0.6) is 5.75 Å². The second kappa shape index (κ2) is 4.37. The van der Waals surface area contributed by atoms with Crippen LogP contribution >= 0.6 is 0 Å². The zero-order valence-electron chi connectivity index (χ0n) is 8.05. The van der Waals surface area contributed by atoms with Crippen LogP contribution in [0.3, 0.4) is 0 Å². The van der Waals surface area contributed by atoms with Crippen LogP contribution in [0.25, 0.3) is 0 Å². The zero-order chi connectivity index (χ0) is 10.7. The molecule has 2 nitrogen and oxygen atoms in total. The van der Waals surface area contributed by atoms with Gasteiger partial charge < -0.3 is 9.84 Å². The Labute approximate surface area is 81.1 Å². The van der Waals surface area contributed by atoms with Gasteiger partial charge in [-0.05, 0) is 26.0 Å². The number of hydrogen-bond acceptors (Lipinski definition) is 2. The van der Waals surface area contributed by atoms with E-state index in [1.807, 2.05) is 0 Å². The molecule has 0 saturated heterocycles. The highest BCUT2D eigenvalue weighted by molar-refractivity contribution is 5.30. The van der Waals surface area contributed by atoms with Crippen LogP contribution < -0.4 is 4.74 Å². The molecule has 1 rings (SSSR count). The molecule has 0 heterocycles. The largest absolute Gasteiger partial charge is 0.488 e. The summed E-state index contributed by atoms with van der Waals surface area (Å²) in [6.07, 6.45) is -0.219. The Bertz CT molecular complexity index is 324. The summed E-state index contributed by atoms with van der Waals surface area (Å²) < 4.78 is 31.3.